The van der Waals surface area contributed by atoms with Crippen LogP contribution in [-0.2, 0) is 4.79 Å². The second-order valence-corrected chi connectivity index (χ2v) is 4.86. The second kappa shape index (κ2) is 4.70. The Kier molecular flexibility index (Phi) is 2.89. The lowest BCUT2D eigenvalue weighted by atomic mass is 10.3. The van der Waals surface area contributed by atoms with E-state index in [0.717, 1.165) is 4.70 Å². The van der Waals surface area contributed by atoms with Crippen molar-refractivity contribution < 1.29 is 4.79 Å². The number of rotatable bonds is 2. The van der Waals surface area contributed by atoms with E-state index in [9.17, 15) is 9.59 Å². The minimum absolute atomic E-state index is 0.201. The Labute approximate surface area is 112 Å². The van der Waals surface area contributed by atoms with Crippen molar-refractivity contribution in [2.75, 3.05) is 0 Å². The molecule has 0 spiro atoms. The van der Waals surface area contributed by atoms with Crippen LogP contribution in [0.4, 0.5) is 0 Å². The van der Waals surface area contributed by atoms with Crippen LogP contribution in [0.1, 0.15) is 5.69 Å². The van der Waals surface area contributed by atoms with Crippen LogP contribution in [-0.4, -0.2) is 16.3 Å². The third-order valence-electron chi connectivity index (χ3n) is 2.60. The Balaban J connectivity index is 2.25. The zero-order valence-electron chi connectivity index (χ0n) is 9.66. The molecule has 1 radical (unpaired) electrons. The van der Waals surface area contributed by atoms with Crippen molar-refractivity contribution in [2.24, 2.45) is 0 Å². The molecular formula is C14H7N2O2S. The van der Waals surface area contributed by atoms with Gasteiger partial charge in [0, 0.05) is 4.70 Å². The molecule has 0 fully saturated rings. The first-order valence-corrected chi connectivity index (χ1v) is 6.35. The van der Waals surface area contributed by atoms with Crippen LogP contribution in [0.25, 0.3) is 20.8 Å². The summed E-state index contributed by atoms with van der Waals surface area (Å²) in [6.07, 6.45) is 1.73. The summed E-state index contributed by atoms with van der Waals surface area (Å²) < 4.78 is 0.847. The van der Waals surface area contributed by atoms with Gasteiger partial charge in [-0.25, -0.2) is 4.98 Å². The molecule has 0 saturated carbocycles. The van der Waals surface area contributed by atoms with Gasteiger partial charge in [-0.15, -0.1) is 11.3 Å². The summed E-state index contributed by atoms with van der Waals surface area (Å²) in [5.41, 5.74) is 0.424. The predicted octanol–water partition coefficient (Wildman–Crippen LogP) is 2.18. The van der Waals surface area contributed by atoms with Crippen LogP contribution in [0.5, 0.6) is 0 Å². The van der Waals surface area contributed by atoms with E-state index in [4.69, 9.17) is 0 Å². The van der Waals surface area contributed by atoms with Crippen molar-refractivity contribution in [3.05, 3.63) is 58.5 Å². The smallest absolute Gasteiger partial charge is 0.279 e. The zero-order chi connectivity index (χ0) is 13.2. The Bertz CT molecular complexity index is 827. The number of aromatic nitrogens is 2. The highest BCUT2D eigenvalue weighted by molar-refractivity contribution is 7.21. The van der Waals surface area contributed by atoms with Gasteiger partial charge in [0.2, 0.25) is 0 Å². The van der Waals surface area contributed by atoms with Crippen molar-refractivity contribution in [3.8, 4) is 10.7 Å². The molecule has 0 unspecified atom stereocenters. The van der Waals surface area contributed by atoms with Crippen LogP contribution in [0, 0.1) is 0 Å². The molecular weight excluding hydrogens is 260 g/mol. The molecule has 4 nitrogen and oxygen atoms in total. The lowest BCUT2D eigenvalue weighted by molar-refractivity contribution is 0.561. The summed E-state index contributed by atoms with van der Waals surface area (Å²) in [5, 5.41) is 1.09. The predicted molar refractivity (Wildman–Crippen MR) is 73.9 cm³/mol. The largest absolute Gasteiger partial charge is 0.283 e. The van der Waals surface area contributed by atoms with E-state index in [0.29, 0.717) is 16.1 Å². The molecule has 91 valence electrons. The molecule has 0 aliphatic carbocycles. The molecule has 0 atom stereocenters. The number of nitrogens with zero attached hydrogens (tertiary/aromatic N) is 2. The van der Waals surface area contributed by atoms with Crippen LogP contribution >= 0.6 is 11.3 Å². The molecule has 0 saturated heterocycles. The van der Waals surface area contributed by atoms with E-state index < -0.39 is 0 Å². The van der Waals surface area contributed by atoms with E-state index in [1.807, 2.05) is 12.1 Å². The highest BCUT2D eigenvalue weighted by Gasteiger charge is 2.08. The van der Waals surface area contributed by atoms with Gasteiger partial charge in [-0.05, 0) is 24.3 Å². The van der Waals surface area contributed by atoms with Gasteiger partial charge >= 0.3 is 0 Å². The first-order chi connectivity index (χ1) is 9.28. The van der Waals surface area contributed by atoms with Gasteiger partial charge in [0.15, 0.2) is 0 Å². The molecule has 2 aromatic heterocycles. The Hall–Kier alpha value is -2.40. The van der Waals surface area contributed by atoms with E-state index in [-0.39, 0.29) is 11.3 Å². The van der Waals surface area contributed by atoms with Gasteiger partial charge in [0.1, 0.15) is 10.7 Å². The molecule has 0 amide bonds. The average Bonchev–Trinajstić information content (AvgIpc) is 2.47. The SMILES string of the molecule is O=[C]c1cccc(-c2nc(=O)c3ccccc3s2)n1. The topological polar surface area (TPSA) is 59.9 Å². The van der Waals surface area contributed by atoms with Crippen molar-refractivity contribution in [3.63, 3.8) is 0 Å². The average molecular weight is 267 g/mol. The van der Waals surface area contributed by atoms with E-state index in [1.54, 1.807) is 36.6 Å². The Morgan fingerprint density at radius 3 is 2.68 bits per heavy atom. The first kappa shape index (κ1) is 11.7. The number of hydrogen-bond acceptors (Lipinski definition) is 5. The molecule has 0 aliphatic heterocycles. The maximum Gasteiger partial charge on any atom is 0.279 e. The molecule has 5 heteroatoms. The molecule has 0 aliphatic rings. The summed E-state index contributed by atoms with van der Waals surface area (Å²) in [4.78, 5) is 30.6. The van der Waals surface area contributed by atoms with Crippen LogP contribution in [0.3, 0.4) is 0 Å². The van der Waals surface area contributed by atoms with Gasteiger partial charge in [0.05, 0.1) is 11.1 Å². The quantitative estimate of drug-likeness (QED) is 0.714. The maximum atomic E-state index is 11.9. The molecule has 19 heavy (non-hydrogen) atoms. The molecule has 2 heterocycles. The number of hydrogen-bond donors (Lipinski definition) is 0. The van der Waals surface area contributed by atoms with Gasteiger partial charge in [-0.1, -0.05) is 18.2 Å². The minimum Gasteiger partial charge on any atom is -0.283 e. The zero-order valence-corrected chi connectivity index (χ0v) is 10.5. The number of fused-ring (bicyclic) bond motifs is 1. The monoisotopic (exact) mass is 267 g/mol. The number of benzene rings is 1. The number of carbonyl (C=O) groups excluding carboxylic acids is 1. The molecule has 0 N–H and O–H groups in total. The van der Waals surface area contributed by atoms with Crippen LogP contribution in [0.2, 0.25) is 0 Å². The summed E-state index contributed by atoms with van der Waals surface area (Å²) in [7, 11) is 0. The number of pyridine rings is 1. The van der Waals surface area contributed by atoms with E-state index in [1.165, 1.54) is 11.3 Å². The first-order valence-electron chi connectivity index (χ1n) is 5.53. The minimum atomic E-state index is -0.286. The standard InChI is InChI=1S/C14H7N2O2S/c17-8-9-4-3-6-11(15-9)14-16-13(18)10-5-1-2-7-12(10)19-14/h1-7H. The highest BCUT2D eigenvalue weighted by Crippen LogP contribution is 2.24. The summed E-state index contributed by atoms with van der Waals surface area (Å²) >= 11 is 1.37. The fourth-order valence-electron chi connectivity index (χ4n) is 1.73. The van der Waals surface area contributed by atoms with Crippen molar-refractivity contribution >= 4 is 27.7 Å². The molecule has 3 rings (SSSR count). The van der Waals surface area contributed by atoms with Gasteiger partial charge in [0.25, 0.3) is 11.8 Å². The van der Waals surface area contributed by atoms with Crippen LogP contribution < -0.4 is 5.56 Å². The Morgan fingerprint density at radius 1 is 1.00 bits per heavy atom. The van der Waals surface area contributed by atoms with Gasteiger partial charge < -0.3 is 0 Å². The molecule has 3 aromatic rings. The highest BCUT2D eigenvalue weighted by atomic mass is 32.1. The van der Waals surface area contributed by atoms with Gasteiger partial charge in [-0.2, -0.15) is 4.98 Å². The van der Waals surface area contributed by atoms with Crippen molar-refractivity contribution in [2.45, 2.75) is 0 Å². The lowest BCUT2D eigenvalue weighted by Gasteiger charge is -2.01. The fourth-order valence-corrected chi connectivity index (χ4v) is 2.70. The van der Waals surface area contributed by atoms with Gasteiger partial charge in [-0.3, -0.25) is 9.59 Å². The molecule has 1 aromatic carbocycles. The van der Waals surface area contributed by atoms with Crippen LogP contribution in [0.15, 0.2) is 47.3 Å². The summed E-state index contributed by atoms with van der Waals surface area (Å²) in [5.74, 6) is 0. The van der Waals surface area contributed by atoms with Crippen molar-refractivity contribution in [1.82, 2.24) is 9.97 Å². The maximum absolute atomic E-state index is 11.9. The normalized spacial score (nSPS) is 10.5. The Morgan fingerprint density at radius 2 is 1.84 bits per heavy atom. The third-order valence-corrected chi connectivity index (χ3v) is 3.67. The third kappa shape index (κ3) is 2.15. The molecule has 0 bridgehead atoms. The fraction of sp³-hybridized carbons (Fsp3) is 0. The van der Waals surface area contributed by atoms with Crippen molar-refractivity contribution in [1.29, 1.82) is 0 Å². The van der Waals surface area contributed by atoms with E-state index >= 15 is 0 Å². The van der Waals surface area contributed by atoms with E-state index in [2.05, 4.69) is 9.97 Å². The lowest BCUT2D eigenvalue weighted by Crippen LogP contribution is -2.06. The second-order valence-electron chi connectivity index (χ2n) is 3.83. The summed E-state index contributed by atoms with van der Waals surface area (Å²) in [6.45, 7) is 0. The summed E-state index contributed by atoms with van der Waals surface area (Å²) in [6, 6.07) is 12.2.